The fraction of sp³-hybridized carbons (Fsp3) is 0.818. The van der Waals surface area contributed by atoms with E-state index in [1.54, 1.807) is 13.8 Å². The molecule has 1 atom stereocenters. The van der Waals surface area contributed by atoms with Crippen LogP contribution in [0.3, 0.4) is 0 Å². The van der Waals surface area contributed by atoms with Crippen molar-refractivity contribution in [1.29, 1.82) is 0 Å². The molecule has 0 rings (SSSR count). The highest BCUT2D eigenvalue weighted by atomic mass is 16.5. The lowest BCUT2D eigenvalue weighted by Crippen LogP contribution is -2.28. The van der Waals surface area contributed by atoms with Gasteiger partial charge in [0.15, 0.2) is 5.78 Å². The first kappa shape index (κ1) is 14.1. The smallest absolute Gasteiger partial charge is 0.316 e. The minimum absolute atomic E-state index is 0.00512. The van der Waals surface area contributed by atoms with Gasteiger partial charge in [0.1, 0.15) is 12.5 Å². The Balaban J connectivity index is 4.03. The Hall–Kier alpha value is -0.900. The molecule has 0 N–H and O–H groups in total. The summed E-state index contributed by atoms with van der Waals surface area (Å²) in [5, 5.41) is 0. The molecular formula is C11H20O4. The predicted molar refractivity (Wildman–Crippen MR) is 56.5 cm³/mol. The molecular weight excluding hydrogens is 196 g/mol. The standard InChI is InChI=1S/C11H20O4/c1-4-7-14-8-10(12)9(5-2)11(13)15-6-3/h9H,4-8H2,1-3H3. The minimum atomic E-state index is -0.665. The Morgan fingerprint density at radius 1 is 1.20 bits per heavy atom. The van der Waals surface area contributed by atoms with E-state index in [0.717, 1.165) is 6.42 Å². The second-order valence-corrected chi connectivity index (χ2v) is 3.23. The van der Waals surface area contributed by atoms with E-state index in [2.05, 4.69) is 0 Å². The molecule has 0 aliphatic carbocycles. The summed E-state index contributed by atoms with van der Waals surface area (Å²) in [6.45, 7) is 6.34. The van der Waals surface area contributed by atoms with Gasteiger partial charge in [0.2, 0.25) is 0 Å². The first-order valence-electron chi connectivity index (χ1n) is 5.44. The summed E-state index contributed by atoms with van der Waals surface area (Å²) in [4.78, 5) is 22.9. The molecule has 0 saturated carbocycles. The van der Waals surface area contributed by atoms with Crippen molar-refractivity contribution in [1.82, 2.24) is 0 Å². The van der Waals surface area contributed by atoms with Crippen LogP contribution in [0.5, 0.6) is 0 Å². The molecule has 4 heteroatoms. The Morgan fingerprint density at radius 3 is 2.33 bits per heavy atom. The van der Waals surface area contributed by atoms with E-state index in [9.17, 15) is 9.59 Å². The zero-order valence-corrected chi connectivity index (χ0v) is 9.75. The molecule has 0 aromatic carbocycles. The molecule has 0 aromatic rings. The summed E-state index contributed by atoms with van der Waals surface area (Å²) >= 11 is 0. The summed E-state index contributed by atoms with van der Waals surface area (Å²) in [6, 6.07) is 0. The molecule has 0 aliphatic heterocycles. The van der Waals surface area contributed by atoms with Gasteiger partial charge < -0.3 is 9.47 Å². The maximum absolute atomic E-state index is 11.5. The second kappa shape index (κ2) is 8.41. The van der Waals surface area contributed by atoms with Crippen LogP contribution in [0.2, 0.25) is 0 Å². The summed E-state index contributed by atoms with van der Waals surface area (Å²) in [5.74, 6) is -1.30. The fourth-order valence-electron chi connectivity index (χ4n) is 1.19. The number of hydrogen-bond acceptors (Lipinski definition) is 4. The maximum atomic E-state index is 11.5. The van der Waals surface area contributed by atoms with Gasteiger partial charge in [-0.25, -0.2) is 0 Å². The average Bonchev–Trinajstić information content (AvgIpc) is 2.19. The van der Waals surface area contributed by atoms with E-state index in [0.29, 0.717) is 19.6 Å². The molecule has 0 bridgehead atoms. The summed E-state index contributed by atoms with van der Waals surface area (Å²) in [6.07, 6.45) is 1.33. The molecule has 0 radical (unpaired) electrons. The number of carbonyl (C=O) groups is 2. The van der Waals surface area contributed by atoms with E-state index < -0.39 is 11.9 Å². The first-order valence-corrected chi connectivity index (χ1v) is 5.44. The normalized spacial score (nSPS) is 12.2. The highest BCUT2D eigenvalue weighted by molar-refractivity contribution is 5.99. The van der Waals surface area contributed by atoms with E-state index >= 15 is 0 Å². The average molecular weight is 216 g/mol. The van der Waals surface area contributed by atoms with Crippen LogP contribution in [0.4, 0.5) is 0 Å². The van der Waals surface area contributed by atoms with Gasteiger partial charge in [-0.15, -0.1) is 0 Å². The number of ether oxygens (including phenoxy) is 2. The molecule has 0 aromatic heterocycles. The molecule has 4 nitrogen and oxygen atoms in total. The van der Waals surface area contributed by atoms with Gasteiger partial charge >= 0.3 is 5.97 Å². The minimum Gasteiger partial charge on any atom is -0.465 e. The van der Waals surface area contributed by atoms with Crippen molar-refractivity contribution in [3.05, 3.63) is 0 Å². The molecule has 0 heterocycles. The van der Waals surface area contributed by atoms with Gasteiger partial charge in [-0.1, -0.05) is 13.8 Å². The number of rotatable bonds is 8. The third kappa shape index (κ3) is 5.52. The molecule has 0 saturated heterocycles. The maximum Gasteiger partial charge on any atom is 0.316 e. The summed E-state index contributed by atoms with van der Waals surface area (Å²) in [5.41, 5.74) is 0. The van der Waals surface area contributed by atoms with Gasteiger partial charge in [-0.05, 0) is 19.8 Å². The topological polar surface area (TPSA) is 52.6 Å². The van der Waals surface area contributed by atoms with Gasteiger partial charge in [0, 0.05) is 6.61 Å². The van der Waals surface area contributed by atoms with Crippen LogP contribution in [0, 0.1) is 5.92 Å². The Kier molecular flexibility index (Phi) is 7.91. The zero-order chi connectivity index (χ0) is 11.7. The van der Waals surface area contributed by atoms with Gasteiger partial charge in [-0.3, -0.25) is 9.59 Å². The number of hydrogen-bond donors (Lipinski definition) is 0. The van der Waals surface area contributed by atoms with Gasteiger partial charge in [0.05, 0.1) is 6.61 Å². The van der Waals surface area contributed by atoms with Crippen molar-refractivity contribution in [3.8, 4) is 0 Å². The van der Waals surface area contributed by atoms with Crippen molar-refractivity contribution in [2.24, 2.45) is 5.92 Å². The van der Waals surface area contributed by atoms with E-state index in [4.69, 9.17) is 9.47 Å². The highest BCUT2D eigenvalue weighted by Gasteiger charge is 2.25. The molecule has 0 fully saturated rings. The number of Topliss-reactive ketones (excluding diaryl/α,β-unsaturated/α-hetero) is 1. The molecule has 0 amide bonds. The number of carbonyl (C=O) groups excluding carboxylic acids is 2. The van der Waals surface area contributed by atoms with Crippen LogP contribution in [0.25, 0.3) is 0 Å². The Labute approximate surface area is 90.9 Å². The Bertz CT molecular complexity index is 201. The summed E-state index contributed by atoms with van der Waals surface area (Å²) in [7, 11) is 0. The third-order valence-corrected chi connectivity index (χ3v) is 1.96. The summed E-state index contributed by atoms with van der Waals surface area (Å²) < 4.78 is 9.91. The molecule has 1 unspecified atom stereocenters. The van der Waals surface area contributed by atoms with E-state index in [1.165, 1.54) is 0 Å². The largest absolute Gasteiger partial charge is 0.465 e. The van der Waals surface area contributed by atoms with Crippen molar-refractivity contribution in [2.45, 2.75) is 33.6 Å². The van der Waals surface area contributed by atoms with E-state index in [-0.39, 0.29) is 12.4 Å². The quantitative estimate of drug-likeness (QED) is 0.351. The lowest BCUT2D eigenvalue weighted by molar-refractivity contribution is -0.152. The molecule has 88 valence electrons. The van der Waals surface area contributed by atoms with Crippen LogP contribution >= 0.6 is 0 Å². The molecule has 0 spiro atoms. The van der Waals surface area contributed by atoms with Crippen molar-refractivity contribution in [3.63, 3.8) is 0 Å². The van der Waals surface area contributed by atoms with Crippen LogP contribution in [0.15, 0.2) is 0 Å². The van der Waals surface area contributed by atoms with Crippen LogP contribution in [-0.4, -0.2) is 31.6 Å². The van der Waals surface area contributed by atoms with Gasteiger partial charge in [0.25, 0.3) is 0 Å². The SMILES string of the molecule is CCCOCC(=O)C(CC)C(=O)OCC. The number of esters is 1. The highest BCUT2D eigenvalue weighted by Crippen LogP contribution is 2.07. The van der Waals surface area contributed by atoms with Crippen LogP contribution < -0.4 is 0 Å². The second-order valence-electron chi connectivity index (χ2n) is 3.23. The van der Waals surface area contributed by atoms with Crippen molar-refractivity contribution < 1.29 is 19.1 Å². The lowest BCUT2D eigenvalue weighted by atomic mass is 10.0. The van der Waals surface area contributed by atoms with Gasteiger partial charge in [-0.2, -0.15) is 0 Å². The third-order valence-electron chi connectivity index (χ3n) is 1.96. The zero-order valence-electron chi connectivity index (χ0n) is 9.75. The lowest BCUT2D eigenvalue weighted by Gasteiger charge is -2.12. The molecule has 0 aliphatic rings. The van der Waals surface area contributed by atoms with Crippen molar-refractivity contribution in [2.75, 3.05) is 19.8 Å². The van der Waals surface area contributed by atoms with Crippen molar-refractivity contribution >= 4 is 11.8 Å². The first-order chi connectivity index (χ1) is 7.17. The molecule has 15 heavy (non-hydrogen) atoms. The van der Waals surface area contributed by atoms with E-state index in [1.807, 2.05) is 6.92 Å². The van der Waals surface area contributed by atoms with Crippen LogP contribution in [0.1, 0.15) is 33.6 Å². The monoisotopic (exact) mass is 216 g/mol. The predicted octanol–water partition coefficient (Wildman–Crippen LogP) is 1.57. The fourth-order valence-corrected chi connectivity index (χ4v) is 1.19. The number of ketones is 1. The Morgan fingerprint density at radius 2 is 1.87 bits per heavy atom. The van der Waals surface area contributed by atoms with Crippen LogP contribution in [-0.2, 0) is 19.1 Å².